The minimum Gasteiger partial charge on any atom is -0.366 e. The standard InChI is InChI=1S/C23H24ClN5O/c24-18-6-7-20-17(12-18)13-25-14-21-26-27-22(29(20)21)28-10-3-8-23(9-11-28)19-5-2-1-4-16(19)15-30-23/h1-2,4-7,12,25H,3,8-11,13-15H2. The third-order valence-corrected chi connectivity index (χ3v) is 6.92. The van der Waals surface area contributed by atoms with Gasteiger partial charge in [-0.1, -0.05) is 35.9 Å². The highest BCUT2D eigenvalue weighted by atomic mass is 35.5. The smallest absolute Gasteiger partial charge is 0.231 e. The van der Waals surface area contributed by atoms with Crippen molar-refractivity contribution in [1.82, 2.24) is 20.1 Å². The molecule has 6 nitrogen and oxygen atoms in total. The highest BCUT2D eigenvalue weighted by Gasteiger charge is 2.41. The number of fused-ring (bicyclic) bond motifs is 5. The molecule has 0 bridgehead atoms. The van der Waals surface area contributed by atoms with Crippen LogP contribution in [0.3, 0.4) is 0 Å². The van der Waals surface area contributed by atoms with Crippen LogP contribution in [0.2, 0.25) is 5.02 Å². The van der Waals surface area contributed by atoms with Crippen LogP contribution in [0.4, 0.5) is 5.95 Å². The molecule has 0 aliphatic carbocycles. The summed E-state index contributed by atoms with van der Waals surface area (Å²) in [5.41, 5.74) is 4.82. The van der Waals surface area contributed by atoms with E-state index in [1.165, 1.54) is 16.7 Å². The molecule has 7 heteroatoms. The summed E-state index contributed by atoms with van der Waals surface area (Å²) in [5.74, 6) is 1.85. The number of aromatic nitrogens is 3. The molecule has 2 aromatic carbocycles. The molecule has 1 N–H and O–H groups in total. The highest BCUT2D eigenvalue weighted by molar-refractivity contribution is 6.30. The molecule has 1 fully saturated rings. The van der Waals surface area contributed by atoms with E-state index in [1.54, 1.807) is 0 Å². The summed E-state index contributed by atoms with van der Waals surface area (Å²) in [6, 6.07) is 14.7. The molecule has 0 saturated carbocycles. The van der Waals surface area contributed by atoms with Gasteiger partial charge in [0.2, 0.25) is 5.95 Å². The Morgan fingerprint density at radius 1 is 1.00 bits per heavy atom. The van der Waals surface area contributed by atoms with Gasteiger partial charge in [-0.3, -0.25) is 4.57 Å². The van der Waals surface area contributed by atoms with Gasteiger partial charge in [-0.25, -0.2) is 0 Å². The average molecular weight is 422 g/mol. The number of rotatable bonds is 1. The fourth-order valence-electron chi connectivity index (χ4n) is 5.20. The molecule has 154 valence electrons. The molecular weight excluding hydrogens is 398 g/mol. The van der Waals surface area contributed by atoms with Crippen molar-refractivity contribution in [3.05, 3.63) is 70.0 Å². The Balaban J connectivity index is 1.35. The van der Waals surface area contributed by atoms with Crippen molar-refractivity contribution in [3.8, 4) is 5.69 Å². The maximum Gasteiger partial charge on any atom is 0.231 e. The van der Waals surface area contributed by atoms with Gasteiger partial charge in [0.1, 0.15) is 0 Å². The summed E-state index contributed by atoms with van der Waals surface area (Å²) in [4.78, 5) is 2.37. The molecule has 1 atom stereocenters. The first-order valence-electron chi connectivity index (χ1n) is 10.6. The summed E-state index contributed by atoms with van der Waals surface area (Å²) < 4.78 is 8.61. The van der Waals surface area contributed by atoms with Crippen molar-refractivity contribution in [2.75, 3.05) is 18.0 Å². The first kappa shape index (κ1) is 18.4. The van der Waals surface area contributed by atoms with Gasteiger partial charge in [-0.05, 0) is 54.2 Å². The number of ether oxygens (including phenoxy) is 1. The van der Waals surface area contributed by atoms with E-state index in [1.807, 2.05) is 12.1 Å². The van der Waals surface area contributed by atoms with Crippen LogP contribution in [0.1, 0.15) is 41.8 Å². The molecule has 1 aromatic heterocycles. The van der Waals surface area contributed by atoms with Crippen molar-refractivity contribution in [2.45, 2.75) is 44.6 Å². The average Bonchev–Trinajstić information content (AvgIpc) is 3.19. The second kappa shape index (κ2) is 7.08. The fraction of sp³-hybridized carbons (Fsp3) is 0.391. The van der Waals surface area contributed by atoms with E-state index in [9.17, 15) is 0 Å². The molecular formula is C23H24ClN5O. The first-order chi connectivity index (χ1) is 14.7. The van der Waals surface area contributed by atoms with E-state index in [-0.39, 0.29) is 5.60 Å². The van der Waals surface area contributed by atoms with Crippen molar-refractivity contribution in [2.24, 2.45) is 0 Å². The zero-order valence-electron chi connectivity index (χ0n) is 16.8. The Morgan fingerprint density at radius 3 is 2.90 bits per heavy atom. The molecule has 0 radical (unpaired) electrons. The van der Waals surface area contributed by atoms with Crippen LogP contribution in [0, 0.1) is 0 Å². The largest absolute Gasteiger partial charge is 0.366 e. The lowest BCUT2D eigenvalue weighted by Gasteiger charge is -2.28. The van der Waals surface area contributed by atoms with E-state index in [4.69, 9.17) is 16.3 Å². The van der Waals surface area contributed by atoms with Crippen LogP contribution in [-0.4, -0.2) is 27.9 Å². The summed E-state index contributed by atoms with van der Waals surface area (Å²) in [7, 11) is 0. The topological polar surface area (TPSA) is 55.2 Å². The second-order valence-corrected chi connectivity index (χ2v) is 8.85. The maximum absolute atomic E-state index is 6.41. The summed E-state index contributed by atoms with van der Waals surface area (Å²) in [5, 5.41) is 13.3. The van der Waals surface area contributed by atoms with Crippen LogP contribution < -0.4 is 10.2 Å². The van der Waals surface area contributed by atoms with Gasteiger partial charge in [-0.15, -0.1) is 10.2 Å². The van der Waals surface area contributed by atoms with Crippen LogP contribution in [-0.2, 0) is 30.0 Å². The third kappa shape index (κ3) is 2.86. The molecule has 3 aliphatic rings. The van der Waals surface area contributed by atoms with Gasteiger partial charge in [0.15, 0.2) is 5.82 Å². The molecule has 1 spiro atoms. The van der Waals surface area contributed by atoms with Crippen molar-refractivity contribution >= 4 is 17.5 Å². The Labute approximate surface area is 180 Å². The lowest BCUT2D eigenvalue weighted by molar-refractivity contribution is -0.0466. The van der Waals surface area contributed by atoms with Crippen LogP contribution in [0.25, 0.3) is 5.69 Å². The second-order valence-electron chi connectivity index (χ2n) is 8.41. The monoisotopic (exact) mass is 421 g/mol. The quantitative estimate of drug-likeness (QED) is 0.645. The van der Waals surface area contributed by atoms with E-state index in [2.05, 4.69) is 55.3 Å². The minimum atomic E-state index is -0.167. The van der Waals surface area contributed by atoms with Gasteiger partial charge < -0.3 is 15.0 Å². The zero-order valence-corrected chi connectivity index (χ0v) is 17.5. The number of halogens is 1. The van der Waals surface area contributed by atoms with Crippen LogP contribution in [0.15, 0.2) is 42.5 Å². The molecule has 30 heavy (non-hydrogen) atoms. The van der Waals surface area contributed by atoms with Crippen LogP contribution >= 0.6 is 11.6 Å². The molecule has 3 aromatic rings. The van der Waals surface area contributed by atoms with Crippen molar-refractivity contribution in [3.63, 3.8) is 0 Å². The number of nitrogens with zero attached hydrogens (tertiary/aromatic N) is 4. The van der Waals surface area contributed by atoms with Gasteiger partial charge >= 0.3 is 0 Å². The summed E-state index contributed by atoms with van der Waals surface area (Å²) >= 11 is 6.26. The van der Waals surface area contributed by atoms with E-state index >= 15 is 0 Å². The Kier molecular flexibility index (Phi) is 4.33. The lowest BCUT2D eigenvalue weighted by atomic mass is 9.86. The Hall–Kier alpha value is -2.41. The molecule has 1 unspecified atom stereocenters. The van der Waals surface area contributed by atoms with Gasteiger partial charge in [-0.2, -0.15) is 0 Å². The molecule has 4 heterocycles. The Bertz CT molecular complexity index is 1110. The highest BCUT2D eigenvalue weighted by Crippen LogP contribution is 2.44. The summed E-state index contributed by atoms with van der Waals surface area (Å²) in [6.07, 6.45) is 3.05. The summed E-state index contributed by atoms with van der Waals surface area (Å²) in [6.45, 7) is 4.01. The van der Waals surface area contributed by atoms with Gasteiger partial charge in [0, 0.05) is 24.7 Å². The SMILES string of the molecule is Clc1ccc2c(c1)CNCc1nnc(N3CCCC4(CC3)OCc3ccccc34)n1-2. The predicted molar refractivity (Wildman–Crippen MR) is 116 cm³/mol. The molecule has 3 aliphatic heterocycles. The lowest BCUT2D eigenvalue weighted by Crippen LogP contribution is -2.30. The van der Waals surface area contributed by atoms with Crippen molar-refractivity contribution < 1.29 is 4.74 Å². The van der Waals surface area contributed by atoms with Crippen LogP contribution in [0.5, 0.6) is 0 Å². The number of nitrogens with one attached hydrogen (secondary N) is 1. The third-order valence-electron chi connectivity index (χ3n) is 6.68. The number of hydrogen-bond acceptors (Lipinski definition) is 5. The first-order valence-corrected chi connectivity index (χ1v) is 11.0. The maximum atomic E-state index is 6.41. The van der Waals surface area contributed by atoms with Crippen molar-refractivity contribution in [1.29, 1.82) is 0 Å². The molecule has 0 amide bonds. The number of benzene rings is 2. The molecule has 1 saturated heterocycles. The fourth-order valence-corrected chi connectivity index (χ4v) is 5.40. The Morgan fingerprint density at radius 2 is 1.93 bits per heavy atom. The van der Waals surface area contributed by atoms with Gasteiger partial charge in [0.25, 0.3) is 0 Å². The van der Waals surface area contributed by atoms with E-state index in [0.29, 0.717) is 6.54 Å². The normalized spacial score (nSPS) is 22.9. The molecule has 6 rings (SSSR count). The number of hydrogen-bond donors (Lipinski definition) is 1. The van der Waals surface area contributed by atoms with E-state index in [0.717, 1.165) is 68.0 Å². The zero-order chi connectivity index (χ0) is 20.1. The minimum absolute atomic E-state index is 0.167. The predicted octanol–water partition coefficient (Wildman–Crippen LogP) is 3.94. The number of anilines is 1. The van der Waals surface area contributed by atoms with E-state index < -0.39 is 0 Å². The van der Waals surface area contributed by atoms with Gasteiger partial charge in [0.05, 0.1) is 24.4 Å².